The van der Waals surface area contributed by atoms with Gasteiger partial charge in [0.2, 0.25) is 0 Å². The van der Waals surface area contributed by atoms with E-state index in [2.05, 4.69) is 49.2 Å². The summed E-state index contributed by atoms with van der Waals surface area (Å²) in [6.45, 7) is 6.61. The Morgan fingerprint density at radius 3 is 2.62 bits per heavy atom. The monoisotopic (exact) mass is 350 g/mol. The summed E-state index contributed by atoms with van der Waals surface area (Å²) < 4.78 is 8.40. The number of pyridine rings is 1. The normalized spacial score (nSPS) is 20.2. The van der Waals surface area contributed by atoms with Gasteiger partial charge in [-0.1, -0.05) is 45.0 Å². The molecule has 0 unspecified atom stereocenters. The zero-order valence-electron chi connectivity index (χ0n) is 15.6. The number of nitrogens with two attached hydrogens (primary N) is 1. The van der Waals surface area contributed by atoms with E-state index in [4.69, 9.17) is 10.5 Å². The van der Waals surface area contributed by atoms with Gasteiger partial charge < -0.3 is 10.5 Å². The van der Waals surface area contributed by atoms with E-state index in [1.165, 1.54) is 11.1 Å². The van der Waals surface area contributed by atoms with Crippen LogP contribution in [0.15, 0.2) is 42.6 Å². The fraction of sp³-hybridized carbons (Fsp3) is 0.429. The van der Waals surface area contributed by atoms with Gasteiger partial charge in [0.25, 0.3) is 0 Å². The molecule has 5 nitrogen and oxygen atoms in total. The van der Waals surface area contributed by atoms with Gasteiger partial charge in [0.1, 0.15) is 17.7 Å². The minimum Gasteiger partial charge on any atom is -0.484 e. The number of fused-ring (bicyclic) bond motifs is 2. The largest absolute Gasteiger partial charge is 0.484 e. The van der Waals surface area contributed by atoms with Crippen LogP contribution in [-0.4, -0.2) is 14.6 Å². The lowest BCUT2D eigenvalue weighted by atomic mass is 9.86. The summed E-state index contributed by atoms with van der Waals surface area (Å²) in [6.07, 6.45) is 4.76. The van der Waals surface area contributed by atoms with E-state index in [-0.39, 0.29) is 17.6 Å². The molecule has 0 spiro atoms. The van der Waals surface area contributed by atoms with Gasteiger partial charge in [0.05, 0.1) is 6.20 Å². The van der Waals surface area contributed by atoms with Crippen molar-refractivity contribution in [1.82, 2.24) is 14.6 Å². The molecule has 1 aliphatic rings. The molecule has 3 aromatic rings. The van der Waals surface area contributed by atoms with Crippen molar-refractivity contribution in [1.29, 1.82) is 0 Å². The molecular formula is C21H26N4O. The number of rotatable bonds is 3. The summed E-state index contributed by atoms with van der Waals surface area (Å²) in [7, 11) is 0. The van der Waals surface area contributed by atoms with Crippen molar-refractivity contribution in [2.75, 3.05) is 0 Å². The van der Waals surface area contributed by atoms with E-state index in [1.807, 2.05) is 28.8 Å². The van der Waals surface area contributed by atoms with E-state index >= 15 is 0 Å². The van der Waals surface area contributed by atoms with Crippen molar-refractivity contribution in [3.8, 4) is 5.75 Å². The van der Waals surface area contributed by atoms with Crippen LogP contribution in [0.3, 0.4) is 0 Å². The fourth-order valence-corrected chi connectivity index (χ4v) is 3.65. The third kappa shape index (κ3) is 3.31. The van der Waals surface area contributed by atoms with E-state index in [0.29, 0.717) is 0 Å². The molecule has 0 radical (unpaired) electrons. The van der Waals surface area contributed by atoms with E-state index in [9.17, 15) is 0 Å². The van der Waals surface area contributed by atoms with Crippen molar-refractivity contribution in [3.05, 3.63) is 59.5 Å². The maximum Gasteiger partial charge on any atom is 0.161 e. The van der Waals surface area contributed by atoms with Gasteiger partial charge in [0, 0.05) is 12.5 Å². The van der Waals surface area contributed by atoms with Crippen molar-refractivity contribution < 1.29 is 4.74 Å². The maximum absolute atomic E-state index is 6.36. The lowest BCUT2D eigenvalue weighted by Crippen LogP contribution is -2.23. The minimum absolute atomic E-state index is 0.0333. The van der Waals surface area contributed by atoms with Gasteiger partial charge in [0.15, 0.2) is 5.65 Å². The molecule has 5 heteroatoms. The molecule has 2 aromatic heterocycles. The molecule has 2 N–H and O–H groups in total. The lowest BCUT2D eigenvalue weighted by Gasteiger charge is -2.30. The van der Waals surface area contributed by atoms with Gasteiger partial charge >= 0.3 is 0 Å². The third-order valence-corrected chi connectivity index (χ3v) is 4.89. The zero-order chi connectivity index (χ0) is 18.3. The molecular weight excluding hydrogens is 324 g/mol. The summed E-state index contributed by atoms with van der Waals surface area (Å²) in [6, 6.07) is 12.4. The number of ether oxygens (including phenoxy) is 1. The van der Waals surface area contributed by atoms with Gasteiger partial charge in [-0.2, -0.15) is 0 Å². The molecule has 0 aliphatic heterocycles. The third-order valence-electron chi connectivity index (χ3n) is 4.89. The molecule has 2 atom stereocenters. The Labute approximate surface area is 154 Å². The van der Waals surface area contributed by atoms with Crippen molar-refractivity contribution in [3.63, 3.8) is 0 Å². The SMILES string of the molecule is CC(C)(C)Cc1nnc2ccc(O[C@@H]3CC[C@H](N)c4ccccc43)cn12. The highest BCUT2D eigenvalue weighted by atomic mass is 16.5. The summed E-state index contributed by atoms with van der Waals surface area (Å²) in [5, 5.41) is 8.63. The molecule has 0 saturated carbocycles. The average molecular weight is 350 g/mol. The molecule has 1 aliphatic carbocycles. The van der Waals surface area contributed by atoms with Crippen LogP contribution in [0.25, 0.3) is 5.65 Å². The number of hydrogen-bond donors (Lipinski definition) is 1. The number of nitrogens with zero attached hydrogens (tertiary/aromatic N) is 3. The minimum atomic E-state index is 0.0333. The second-order valence-corrected chi connectivity index (χ2v) is 8.37. The lowest BCUT2D eigenvalue weighted by molar-refractivity contribution is 0.176. The second kappa shape index (κ2) is 6.40. The van der Waals surface area contributed by atoms with Crippen LogP contribution >= 0.6 is 0 Å². The molecule has 0 fully saturated rings. The standard InChI is InChI=1S/C21H26N4O/c1-21(2,3)12-20-24-23-19-11-8-14(13-25(19)20)26-18-10-9-17(22)15-6-4-5-7-16(15)18/h4-8,11,13,17-18H,9-10,12,22H2,1-3H3/t17-,18+/m0/s1. The molecule has 0 bridgehead atoms. The first-order valence-electron chi connectivity index (χ1n) is 9.25. The highest BCUT2D eigenvalue weighted by Crippen LogP contribution is 2.37. The van der Waals surface area contributed by atoms with Crippen molar-refractivity contribution in [2.45, 2.75) is 52.2 Å². The first-order chi connectivity index (χ1) is 12.4. The van der Waals surface area contributed by atoms with Crippen molar-refractivity contribution >= 4 is 5.65 Å². The number of aromatic nitrogens is 3. The molecule has 26 heavy (non-hydrogen) atoms. The Hall–Kier alpha value is -2.40. The van der Waals surface area contributed by atoms with Crippen LogP contribution in [0.4, 0.5) is 0 Å². The Balaban J connectivity index is 1.64. The van der Waals surface area contributed by atoms with Crippen LogP contribution < -0.4 is 10.5 Å². The predicted molar refractivity (Wildman–Crippen MR) is 102 cm³/mol. The smallest absolute Gasteiger partial charge is 0.161 e. The van der Waals surface area contributed by atoms with Crippen LogP contribution in [0.5, 0.6) is 5.75 Å². The Morgan fingerprint density at radius 1 is 1.08 bits per heavy atom. The highest BCUT2D eigenvalue weighted by Gasteiger charge is 2.26. The zero-order valence-corrected chi connectivity index (χ0v) is 15.6. The van der Waals surface area contributed by atoms with Crippen LogP contribution in [-0.2, 0) is 6.42 Å². The maximum atomic E-state index is 6.36. The Morgan fingerprint density at radius 2 is 1.85 bits per heavy atom. The topological polar surface area (TPSA) is 65.4 Å². The summed E-state index contributed by atoms with van der Waals surface area (Å²) in [4.78, 5) is 0. The molecule has 2 heterocycles. The average Bonchev–Trinajstić information content (AvgIpc) is 2.98. The highest BCUT2D eigenvalue weighted by molar-refractivity contribution is 5.42. The first-order valence-corrected chi connectivity index (χ1v) is 9.25. The summed E-state index contributed by atoms with van der Waals surface area (Å²) in [5.74, 6) is 1.80. The van der Waals surface area contributed by atoms with Gasteiger partial charge in [-0.3, -0.25) is 4.40 Å². The van der Waals surface area contributed by atoms with Gasteiger partial charge in [-0.15, -0.1) is 10.2 Å². The number of hydrogen-bond acceptors (Lipinski definition) is 4. The second-order valence-electron chi connectivity index (χ2n) is 8.37. The Kier molecular flexibility index (Phi) is 4.19. The summed E-state index contributed by atoms with van der Waals surface area (Å²) in [5.41, 5.74) is 9.66. The predicted octanol–water partition coefficient (Wildman–Crippen LogP) is 4.23. The molecule has 4 rings (SSSR count). The van der Waals surface area contributed by atoms with Crippen molar-refractivity contribution in [2.24, 2.45) is 11.1 Å². The molecule has 0 amide bonds. The van der Waals surface area contributed by atoms with Gasteiger partial charge in [-0.25, -0.2) is 0 Å². The summed E-state index contributed by atoms with van der Waals surface area (Å²) >= 11 is 0. The van der Waals surface area contributed by atoms with E-state index in [0.717, 1.165) is 36.5 Å². The number of benzene rings is 1. The first kappa shape index (κ1) is 17.0. The van der Waals surface area contributed by atoms with Crippen LogP contribution in [0.2, 0.25) is 0 Å². The Bertz CT molecular complexity index is 925. The molecule has 136 valence electrons. The van der Waals surface area contributed by atoms with E-state index < -0.39 is 0 Å². The van der Waals surface area contributed by atoms with E-state index in [1.54, 1.807) is 0 Å². The fourth-order valence-electron chi connectivity index (χ4n) is 3.65. The van der Waals surface area contributed by atoms with Crippen LogP contribution in [0, 0.1) is 5.41 Å². The van der Waals surface area contributed by atoms with Gasteiger partial charge in [-0.05, 0) is 41.5 Å². The molecule has 1 aromatic carbocycles. The quantitative estimate of drug-likeness (QED) is 0.767. The molecule has 0 saturated heterocycles. The van der Waals surface area contributed by atoms with Crippen LogP contribution in [0.1, 0.15) is 62.7 Å².